The normalized spacial score (nSPS) is 26.9. The summed E-state index contributed by atoms with van der Waals surface area (Å²) < 4.78 is 0. The van der Waals surface area contributed by atoms with E-state index in [-0.39, 0.29) is 35.8 Å². The van der Waals surface area contributed by atoms with Gasteiger partial charge in [0.25, 0.3) is 0 Å². The van der Waals surface area contributed by atoms with Gasteiger partial charge in [-0.15, -0.1) is 0 Å². The highest BCUT2D eigenvalue weighted by Crippen LogP contribution is 2.41. The van der Waals surface area contributed by atoms with Crippen molar-refractivity contribution in [3.8, 4) is 0 Å². The lowest BCUT2D eigenvalue weighted by molar-refractivity contribution is -0.147. The molecule has 0 spiro atoms. The smallest absolute Gasteiger partial charge is 0.245 e. The molecule has 3 rings (SSSR count). The molecular formula is C19H32N2O3. The van der Waals surface area contributed by atoms with Crippen molar-refractivity contribution < 1.29 is 14.7 Å². The molecule has 2 saturated carbocycles. The summed E-state index contributed by atoms with van der Waals surface area (Å²) in [6, 6.07) is -0.278. The number of hydrogen-bond donors (Lipinski definition) is 1. The van der Waals surface area contributed by atoms with Crippen LogP contribution in [0.15, 0.2) is 0 Å². The van der Waals surface area contributed by atoms with E-state index in [1.165, 1.54) is 6.42 Å². The van der Waals surface area contributed by atoms with Crippen molar-refractivity contribution in [2.24, 2.45) is 11.3 Å². The van der Waals surface area contributed by atoms with Crippen LogP contribution in [0, 0.1) is 11.3 Å². The highest BCUT2D eigenvalue weighted by atomic mass is 16.3. The predicted molar refractivity (Wildman–Crippen MR) is 92.3 cm³/mol. The Balaban J connectivity index is 1.61. The number of likely N-dealkylation sites (tertiary alicyclic amines) is 1. The number of amides is 2. The molecule has 1 aliphatic heterocycles. The van der Waals surface area contributed by atoms with Gasteiger partial charge >= 0.3 is 0 Å². The van der Waals surface area contributed by atoms with Gasteiger partial charge in [-0.1, -0.05) is 25.7 Å². The van der Waals surface area contributed by atoms with E-state index in [1.807, 2.05) is 11.9 Å². The van der Waals surface area contributed by atoms with Crippen molar-refractivity contribution >= 4 is 11.8 Å². The lowest BCUT2D eigenvalue weighted by Crippen LogP contribution is -2.52. The molecule has 2 aliphatic carbocycles. The van der Waals surface area contributed by atoms with Crippen molar-refractivity contribution in [2.75, 3.05) is 26.7 Å². The molecule has 1 heterocycles. The maximum Gasteiger partial charge on any atom is 0.245 e. The Kier molecular flexibility index (Phi) is 5.48. The Morgan fingerprint density at radius 3 is 2.38 bits per heavy atom. The summed E-state index contributed by atoms with van der Waals surface area (Å²) in [5.41, 5.74) is -0.0960. The van der Waals surface area contributed by atoms with Crippen LogP contribution in [0.2, 0.25) is 0 Å². The standard InChI is InChI=1S/C19H32N2O3/c1-20(13-19(14-22)10-6-11-19)18(24)16-9-5-12-21(16)17(23)15-7-3-2-4-8-15/h15-16,22H,2-14H2,1H3/t16-/m1/s1. The van der Waals surface area contributed by atoms with Gasteiger partial charge in [0.15, 0.2) is 0 Å². The number of carbonyl (C=O) groups is 2. The van der Waals surface area contributed by atoms with Crippen LogP contribution in [-0.4, -0.2) is 59.5 Å². The van der Waals surface area contributed by atoms with E-state index in [0.29, 0.717) is 6.54 Å². The van der Waals surface area contributed by atoms with E-state index in [9.17, 15) is 14.7 Å². The Morgan fingerprint density at radius 1 is 1.08 bits per heavy atom. The number of hydrogen-bond acceptors (Lipinski definition) is 3. The van der Waals surface area contributed by atoms with E-state index < -0.39 is 0 Å². The number of aliphatic hydroxyl groups is 1. The minimum Gasteiger partial charge on any atom is -0.396 e. The van der Waals surface area contributed by atoms with Crippen molar-refractivity contribution in [2.45, 2.75) is 70.3 Å². The van der Waals surface area contributed by atoms with Gasteiger partial charge in [-0.05, 0) is 38.5 Å². The van der Waals surface area contributed by atoms with Crippen LogP contribution in [0.4, 0.5) is 0 Å². The molecule has 0 aromatic heterocycles. The zero-order valence-corrected chi connectivity index (χ0v) is 15.0. The molecule has 0 bridgehead atoms. The van der Waals surface area contributed by atoms with E-state index in [1.54, 1.807) is 4.90 Å². The predicted octanol–water partition coefficient (Wildman–Crippen LogP) is 2.18. The lowest BCUT2D eigenvalue weighted by Gasteiger charge is -2.43. The van der Waals surface area contributed by atoms with Gasteiger partial charge in [0.05, 0.1) is 6.61 Å². The second-order valence-corrected chi connectivity index (χ2v) is 8.23. The average molecular weight is 336 g/mol. The van der Waals surface area contributed by atoms with E-state index in [0.717, 1.165) is 64.3 Å². The largest absolute Gasteiger partial charge is 0.396 e. The Labute approximate surface area is 145 Å². The van der Waals surface area contributed by atoms with Gasteiger partial charge in [-0.25, -0.2) is 0 Å². The summed E-state index contributed by atoms with van der Waals surface area (Å²) in [6.07, 6.45) is 10.3. The number of rotatable bonds is 5. The Hall–Kier alpha value is -1.10. The van der Waals surface area contributed by atoms with Gasteiger partial charge in [-0.2, -0.15) is 0 Å². The van der Waals surface area contributed by atoms with Crippen LogP contribution in [0.3, 0.4) is 0 Å². The van der Waals surface area contributed by atoms with Crippen molar-refractivity contribution in [1.82, 2.24) is 9.80 Å². The van der Waals surface area contributed by atoms with Gasteiger partial charge < -0.3 is 14.9 Å². The quantitative estimate of drug-likeness (QED) is 0.837. The van der Waals surface area contributed by atoms with Gasteiger partial charge in [-0.3, -0.25) is 9.59 Å². The first-order valence-electron chi connectivity index (χ1n) is 9.73. The first-order valence-corrected chi connectivity index (χ1v) is 9.73. The summed E-state index contributed by atoms with van der Waals surface area (Å²) >= 11 is 0. The minimum absolute atomic E-state index is 0.0661. The van der Waals surface area contributed by atoms with Crippen LogP contribution in [0.1, 0.15) is 64.2 Å². The fraction of sp³-hybridized carbons (Fsp3) is 0.895. The molecule has 3 aliphatic rings. The number of aliphatic hydroxyl groups excluding tert-OH is 1. The molecule has 1 saturated heterocycles. The second-order valence-electron chi connectivity index (χ2n) is 8.23. The van der Waals surface area contributed by atoms with Gasteiger partial charge in [0.1, 0.15) is 6.04 Å². The maximum atomic E-state index is 12.9. The third kappa shape index (κ3) is 3.46. The number of likely N-dealkylation sites (N-methyl/N-ethyl adjacent to an activating group) is 1. The first-order chi connectivity index (χ1) is 11.6. The van der Waals surface area contributed by atoms with Crippen molar-refractivity contribution in [3.05, 3.63) is 0 Å². The van der Waals surface area contributed by atoms with Crippen LogP contribution >= 0.6 is 0 Å². The zero-order valence-electron chi connectivity index (χ0n) is 15.0. The SMILES string of the molecule is CN(CC1(CO)CCC1)C(=O)[C@H]1CCCN1C(=O)C1CCCCC1. The van der Waals surface area contributed by atoms with Crippen LogP contribution in [0.5, 0.6) is 0 Å². The third-order valence-electron chi connectivity index (χ3n) is 6.47. The molecule has 2 amide bonds. The van der Waals surface area contributed by atoms with Crippen molar-refractivity contribution in [3.63, 3.8) is 0 Å². The van der Waals surface area contributed by atoms with E-state index >= 15 is 0 Å². The maximum absolute atomic E-state index is 12.9. The van der Waals surface area contributed by atoms with Crippen molar-refractivity contribution in [1.29, 1.82) is 0 Å². The molecule has 1 atom stereocenters. The number of carbonyl (C=O) groups excluding carboxylic acids is 2. The molecule has 1 N–H and O–H groups in total. The molecule has 0 aromatic carbocycles. The van der Waals surface area contributed by atoms with Gasteiger partial charge in [0, 0.05) is 31.5 Å². The molecule has 5 heteroatoms. The van der Waals surface area contributed by atoms with Crippen LogP contribution < -0.4 is 0 Å². The highest BCUT2D eigenvalue weighted by molar-refractivity contribution is 5.89. The monoisotopic (exact) mass is 336 g/mol. The summed E-state index contributed by atoms with van der Waals surface area (Å²) in [5.74, 6) is 0.406. The molecular weight excluding hydrogens is 304 g/mol. The minimum atomic E-state index is -0.278. The molecule has 0 unspecified atom stereocenters. The first kappa shape index (κ1) is 17.7. The Morgan fingerprint density at radius 2 is 1.79 bits per heavy atom. The highest BCUT2D eigenvalue weighted by Gasteiger charge is 2.42. The molecule has 5 nitrogen and oxygen atoms in total. The topological polar surface area (TPSA) is 60.9 Å². The van der Waals surface area contributed by atoms with E-state index in [2.05, 4.69) is 0 Å². The summed E-state index contributed by atoms with van der Waals surface area (Å²) in [6.45, 7) is 1.50. The van der Waals surface area contributed by atoms with Crippen LogP contribution in [-0.2, 0) is 9.59 Å². The zero-order chi connectivity index (χ0) is 17.2. The lowest BCUT2D eigenvalue weighted by atomic mass is 9.69. The Bertz CT molecular complexity index is 464. The molecule has 0 radical (unpaired) electrons. The third-order valence-corrected chi connectivity index (χ3v) is 6.47. The molecule has 3 fully saturated rings. The molecule has 0 aromatic rings. The van der Waals surface area contributed by atoms with Crippen LogP contribution in [0.25, 0.3) is 0 Å². The van der Waals surface area contributed by atoms with Gasteiger partial charge in [0.2, 0.25) is 11.8 Å². The molecule has 136 valence electrons. The molecule has 24 heavy (non-hydrogen) atoms. The summed E-state index contributed by atoms with van der Waals surface area (Å²) in [5, 5.41) is 9.64. The number of nitrogens with zero attached hydrogens (tertiary/aromatic N) is 2. The fourth-order valence-electron chi connectivity index (χ4n) is 4.75. The fourth-order valence-corrected chi connectivity index (χ4v) is 4.75. The average Bonchev–Trinajstić information content (AvgIpc) is 3.07. The van der Waals surface area contributed by atoms with E-state index in [4.69, 9.17) is 0 Å². The second kappa shape index (κ2) is 7.42. The summed E-state index contributed by atoms with van der Waals surface area (Å²) in [4.78, 5) is 29.4. The summed E-state index contributed by atoms with van der Waals surface area (Å²) in [7, 11) is 1.83.